The molecule has 1 aliphatic heterocycles. The molecule has 1 saturated heterocycles. The van der Waals surface area contributed by atoms with Crippen molar-refractivity contribution in [3.8, 4) is 0 Å². The van der Waals surface area contributed by atoms with E-state index in [1.165, 1.54) is 0 Å². The zero-order chi connectivity index (χ0) is 15.5. The van der Waals surface area contributed by atoms with Crippen LogP contribution < -0.4 is 10.2 Å². The second kappa shape index (κ2) is 6.41. The number of nitrogens with zero attached hydrogens (tertiary/aromatic N) is 3. The number of carbonyl (C=O) groups excluding carboxylic acids is 1. The highest BCUT2D eigenvalue weighted by atomic mass is 16.2. The maximum atomic E-state index is 12.0. The maximum absolute atomic E-state index is 12.0. The number of rotatable bonds is 3. The third-order valence-electron chi connectivity index (χ3n) is 3.82. The highest BCUT2D eigenvalue weighted by Crippen LogP contribution is 2.20. The Morgan fingerprint density at radius 3 is 2.90 bits per heavy atom. The topological polar surface area (TPSA) is 58.1 Å². The van der Waals surface area contributed by atoms with E-state index in [1.807, 2.05) is 40.0 Å². The van der Waals surface area contributed by atoms with Crippen molar-refractivity contribution in [3.63, 3.8) is 0 Å². The Labute approximate surface area is 127 Å². The molecule has 1 unspecified atom stereocenters. The van der Waals surface area contributed by atoms with Gasteiger partial charge in [0.05, 0.1) is 0 Å². The normalized spacial score (nSPS) is 19.4. The van der Waals surface area contributed by atoms with Crippen LogP contribution in [0.3, 0.4) is 0 Å². The number of hydrogen-bond donors (Lipinski definition) is 1. The smallest absolute Gasteiger partial charge is 0.225 e. The molecule has 0 saturated carbocycles. The third kappa shape index (κ3) is 4.41. The van der Waals surface area contributed by atoms with E-state index in [9.17, 15) is 4.79 Å². The van der Waals surface area contributed by atoms with Crippen LogP contribution in [0.1, 0.15) is 39.3 Å². The Morgan fingerprint density at radius 2 is 2.24 bits per heavy atom. The second-order valence-electron chi connectivity index (χ2n) is 6.91. The van der Waals surface area contributed by atoms with Crippen LogP contribution in [-0.4, -0.2) is 35.5 Å². The molecule has 0 bridgehead atoms. The van der Waals surface area contributed by atoms with E-state index in [-0.39, 0.29) is 11.3 Å². The van der Waals surface area contributed by atoms with E-state index >= 15 is 0 Å². The Kier molecular flexibility index (Phi) is 4.80. The number of aryl methyl sites for hydroxylation is 1. The molecule has 1 N–H and O–H groups in total. The van der Waals surface area contributed by atoms with E-state index in [0.29, 0.717) is 5.92 Å². The molecule has 0 aliphatic carbocycles. The highest BCUT2D eigenvalue weighted by molar-refractivity contribution is 5.81. The number of nitrogens with one attached hydrogen (secondary N) is 1. The fourth-order valence-corrected chi connectivity index (χ4v) is 2.50. The molecule has 5 nitrogen and oxygen atoms in total. The lowest BCUT2D eigenvalue weighted by Crippen LogP contribution is -2.44. The van der Waals surface area contributed by atoms with Crippen molar-refractivity contribution in [1.82, 2.24) is 15.3 Å². The molecule has 1 atom stereocenters. The van der Waals surface area contributed by atoms with Gasteiger partial charge in [-0.05, 0) is 31.7 Å². The number of anilines is 1. The van der Waals surface area contributed by atoms with Gasteiger partial charge in [-0.2, -0.15) is 0 Å². The summed E-state index contributed by atoms with van der Waals surface area (Å²) in [5, 5.41) is 3.07. The number of hydrogen-bond acceptors (Lipinski definition) is 4. The van der Waals surface area contributed by atoms with Crippen LogP contribution in [0, 0.1) is 18.3 Å². The molecular weight excluding hydrogens is 264 g/mol. The quantitative estimate of drug-likeness (QED) is 0.927. The van der Waals surface area contributed by atoms with Crippen LogP contribution in [0.2, 0.25) is 0 Å². The van der Waals surface area contributed by atoms with Crippen LogP contribution in [0.5, 0.6) is 0 Å². The average molecular weight is 290 g/mol. The number of piperidine rings is 1. The summed E-state index contributed by atoms with van der Waals surface area (Å²) >= 11 is 0. The molecule has 1 amide bonds. The zero-order valence-corrected chi connectivity index (χ0v) is 13.5. The van der Waals surface area contributed by atoms with Gasteiger partial charge in [-0.3, -0.25) is 4.79 Å². The van der Waals surface area contributed by atoms with E-state index in [1.54, 1.807) is 0 Å². The molecule has 1 fully saturated rings. The van der Waals surface area contributed by atoms with Crippen LogP contribution in [-0.2, 0) is 4.79 Å². The second-order valence-corrected chi connectivity index (χ2v) is 6.91. The lowest BCUT2D eigenvalue weighted by molar-refractivity contribution is -0.128. The van der Waals surface area contributed by atoms with Crippen molar-refractivity contribution < 1.29 is 4.79 Å². The van der Waals surface area contributed by atoms with Gasteiger partial charge in [-0.25, -0.2) is 9.97 Å². The van der Waals surface area contributed by atoms with Crippen molar-refractivity contribution in [3.05, 3.63) is 18.0 Å². The Bertz CT molecular complexity index is 495. The van der Waals surface area contributed by atoms with Gasteiger partial charge >= 0.3 is 0 Å². The van der Waals surface area contributed by atoms with Gasteiger partial charge in [0.25, 0.3) is 0 Å². The summed E-state index contributed by atoms with van der Waals surface area (Å²) in [4.78, 5) is 23.0. The summed E-state index contributed by atoms with van der Waals surface area (Å²) < 4.78 is 0. The minimum absolute atomic E-state index is 0.117. The zero-order valence-electron chi connectivity index (χ0n) is 13.5. The lowest BCUT2D eigenvalue weighted by Gasteiger charge is -2.33. The van der Waals surface area contributed by atoms with Crippen LogP contribution in [0.4, 0.5) is 5.95 Å². The van der Waals surface area contributed by atoms with Gasteiger partial charge < -0.3 is 10.2 Å². The molecule has 1 aromatic heterocycles. The minimum atomic E-state index is -0.325. The summed E-state index contributed by atoms with van der Waals surface area (Å²) in [6, 6.07) is 1.91. The number of amides is 1. The first-order valence-electron chi connectivity index (χ1n) is 7.69. The standard InChI is InChI=1S/C16H26N4O/c1-12-7-8-17-15(19-12)20-9-5-6-13(11-20)10-18-14(21)16(2,3)4/h7-8,13H,5-6,9-11H2,1-4H3,(H,18,21). The Hall–Kier alpha value is -1.65. The summed E-state index contributed by atoms with van der Waals surface area (Å²) in [6.45, 7) is 10.4. The van der Waals surface area contributed by atoms with Crippen LogP contribution in [0.25, 0.3) is 0 Å². The largest absolute Gasteiger partial charge is 0.355 e. The van der Waals surface area contributed by atoms with E-state index in [2.05, 4.69) is 20.2 Å². The van der Waals surface area contributed by atoms with E-state index in [4.69, 9.17) is 0 Å². The SMILES string of the molecule is Cc1ccnc(N2CCCC(CNC(=O)C(C)(C)C)C2)n1. The molecule has 1 aromatic rings. The molecule has 2 heterocycles. The molecule has 5 heteroatoms. The number of carbonyl (C=O) groups is 1. The molecular formula is C16H26N4O. The third-order valence-corrected chi connectivity index (χ3v) is 3.82. The van der Waals surface area contributed by atoms with Crippen LogP contribution >= 0.6 is 0 Å². The first-order valence-corrected chi connectivity index (χ1v) is 7.69. The van der Waals surface area contributed by atoms with Gasteiger partial charge in [0.2, 0.25) is 11.9 Å². The van der Waals surface area contributed by atoms with Crippen molar-refractivity contribution in [2.24, 2.45) is 11.3 Å². The van der Waals surface area contributed by atoms with E-state index in [0.717, 1.165) is 44.1 Å². The van der Waals surface area contributed by atoms with Crippen molar-refractivity contribution in [2.75, 3.05) is 24.5 Å². The monoisotopic (exact) mass is 290 g/mol. The minimum Gasteiger partial charge on any atom is -0.355 e. The molecule has 1 aliphatic rings. The first kappa shape index (κ1) is 15.7. The fourth-order valence-electron chi connectivity index (χ4n) is 2.50. The molecule has 21 heavy (non-hydrogen) atoms. The lowest BCUT2D eigenvalue weighted by atomic mass is 9.94. The van der Waals surface area contributed by atoms with Gasteiger partial charge in [0.15, 0.2) is 0 Å². The summed E-state index contributed by atoms with van der Waals surface area (Å²) in [7, 11) is 0. The summed E-state index contributed by atoms with van der Waals surface area (Å²) in [6.07, 6.45) is 4.07. The van der Waals surface area contributed by atoms with Crippen molar-refractivity contribution >= 4 is 11.9 Å². The maximum Gasteiger partial charge on any atom is 0.225 e. The van der Waals surface area contributed by atoms with Crippen molar-refractivity contribution in [1.29, 1.82) is 0 Å². The number of aromatic nitrogens is 2. The fraction of sp³-hybridized carbons (Fsp3) is 0.688. The van der Waals surface area contributed by atoms with Gasteiger partial charge in [0, 0.05) is 36.9 Å². The Morgan fingerprint density at radius 1 is 1.48 bits per heavy atom. The van der Waals surface area contributed by atoms with Gasteiger partial charge in [0.1, 0.15) is 0 Å². The molecule has 0 spiro atoms. The molecule has 116 valence electrons. The van der Waals surface area contributed by atoms with Gasteiger partial charge in [-0.1, -0.05) is 20.8 Å². The van der Waals surface area contributed by atoms with Gasteiger partial charge in [-0.15, -0.1) is 0 Å². The van der Waals surface area contributed by atoms with E-state index < -0.39 is 0 Å². The van der Waals surface area contributed by atoms with Crippen LogP contribution in [0.15, 0.2) is 12.3 Å². The molecule has 0 radical (unpaired) electrons. The molecule has 2 rings (SSSR count). The predicted molar refractivity (Wildman–Crippen MR) is 84.2 cm³/mol. The highest BCUT2D eigenvalue weighted by Gasteiger charge is 2.25. The molecule has 0 aromatic carbocycles. The summed E-state index contributed by atoms with van der Waals surface area (Å²) in [5.74, 6) is 1.39. The van der Waals surface area contributed by atoms with Crippen molar-refractivity contribution in [2.45, 2.75) is 40.5 Å². The first-order chi connectivity index (χ1) is 9.86. The Balaban J connectivity index is 1.91. The predicted octanol–water partition coefficient (Wildman–Crippen LogP) is 2.16. The summed E-state index contributed by atoms with van der Waals surface area (Å²) in [5.41, 5.74) is 0.664. The average Bonchev–Trinajstić information content (AvgIpc) is 2.44.